The molecule has 2 aliphatic heterocycles. The number of ether oxygens (including phenoxy) is 3. The summed E-state index contributed by atoms with van der Waals surface area (Å²) in [6.45, 7) is 1.23. The summed E-state index contributed by atoms with van der Waals surface area (Å²) in [5.74, 6) is 1.43. The summed E-state index contributed by atoms with van der Waals surface area (Å²) in [5, 5.41) is 13.0. The highest BCUT2D eigenvalue weighted by Crippen LogP contribution is 2.45. The van der Waals surface area contributed by atoms with Crippen molar-refractivity contribution in [2.45, 2.75) is 12.2 Å². The number of likely N-dealkylation sites (N-methyl/N-ethyl adjacent to an activating group) is 1. The lowest BCUT2D eigenvalue weighted by atomic mass is 9.94. The number of hydrogen-bond acceptors (Lipinski definition) is 5. The molecule has 0 bridgehead atoms. The molecule has 2 heterocycles. The molecule has 0 radical (unpaired) electrons. The number of benzene rings is 1. The van der Waals surface area contributed by atoms with Crippen LogP contribution >= 0.6 is 0 Å². The molecule has 5 heteroatoms. The molecular weight excluding hydrogens is 222 g/mol. The van der Waals surface area contributed by atoms with Crippen molar-refractivity contribution in [2.24, 2.45) is 0 Å². The van der Waals surface area contributed by atoms with Crippen molar-refractivity contribution in [3.05, 3.63) is 23.3 Å². The van der Waals surface area contributed by atoms with Gasteiger partial charge in [0.05, 0.1) is 12.7 Å². The van der Waals surface area contributed by atoms with Gasteiger partial charge in [0.15, 0.2) is 11.5 Å². The van der Waals surface area contributed by atoms with Gasteiger partial charge in [-0.15, -0.1) is 0 Å². The van der Waals surface area contributed by atoms with Gasteiger partial charge in [0.1, 0.15) is 6.10 Å². The first kappa shape index (κ1) is 10.8. The predicted octanol–water partition coefficient (Wildman–Crippen LogP) is 0.739. The third-order valence-corrected chi connectivity index (χ3v) is 3.14. The summed E-state index contributed by atoms with van der Waals surface area (Å²) < 4.78 is 16.5. The van der Waals surface area contributed by atoms with Crippen LogP contribution in [0.25, 0.3) is 0 Å². The summed E-state index contributed by atoms with van der Waals surface area (Å²) in [5.41, 5.74) is 1.79. The van der Waals surface area contributed by atoms with Gasteiger partial charge in [0, 0.05) is 12.1 Å². The van der Waals surface area contributed by atoms with Gasteiger partial charge < -0.3 is 24.6 Å². The lowest BCUT2D eigenvalue weighted by molar-refractivity contribution is -0.0301. The second-order valence-corrected chi connectivity index (χ2v) is 4.20. The van der Waals surface area contributed by atoms with Gasteiger partial charge in [-0.25, -0.2) is 0 Å². The normalized spacial score (nSPS) is 25.8. The van der Waals surface area contributed by atoms with Crippen LogP contribution in [0.5, 0.6) is 11.5 Å². The number of aliphatic hydroxyl groups excluding tert-OH is 1. The van der Waals surface area contributed by atoms with Gasteiger partial charge in [-0.05, 0) is 18.7 Å². The average molecular weight is 237 g/mol. The molecular formula is C12H15NO4. The third-order valence-electron chi connectivity index (χ3n) is 3.14. The Kier molecular flexibility index (Phi) is 2.66. The molecule has 1 aromatic carbocycles. The van der Waals surface area contributed by atoms with Crippen molar-refractivity contribution in [3.8, 4) is 11.5 Å². The average Bonchev–Trinajstić information content (AvgIpc) is 2.80. The lowest BCUT2D eigenvalue weighted by Gasteiger charge is -2.30. The molecule has 2 N–H and O–H groups in total. The maximum Gasteiger partial charge on any atom is 0.231 e. The number of nitrogens with one attached hydrogen (secondary N) is 1. The first-order valence-corrected chi connectivity index (χ1v) is 5.68. The van der Waals surface area contributed by atoms with Crippen LogP contribution in [0.4, 0.5) is 0 Å². The summed E-state index contributed by atoms with van der Waals surface area (Å²) in [7, 11) is 1.87. The van der Waals surface area contributed by atoms with E-state index in [-0.39, 0.29) is 12.9 Å². The number of aliphatic hydroxyl groups is 1. The van der Waals surface area contributed by atoms with Crippen LogP contribution in [-0.2, 0) is 4.74 Å². The Morgan fingerprint density at radius 3 is 3.12 bits per heavy atom. The zero-order chi connectivity index (χ0) is 11.8. The van der Waals surface area contributed by atoms with E-state index in [0.717, 1.165) is 16.9 Å². The molecule has 3 rings (SSSR count). The molecule has 1 aromatic rings. The highest BCUT2D eigenvalue weighted by Gasteiger charge is 2.33. The van der Waals surface area contributed by atoms with Gasteiger partial charge in [0.2, 0.25) is 6.79 Å². The van der Waals surface area contributed by atoms with E-state index in [1.807, 2.05) is 19.2 Å². The first-order chi connectivity index (χ1) is 8.31. The van der Waals surface area contributed by atoms with Crippen molar-refractivity contribution < 1.29 is 19.3 Å². The topological polar surface area (TPSA) is 60.0 Å². The van der Waals surface area contributed by atoms with Crippen LogP contribution in [0, 0.1) is 0 Å². The van der Waals surface area contributed by atoms with Crippen LogP contribution < -0.4 is 14.8 Å². The number of fused-ring (bicyclic) bond motifs is 3. The van der Waals surface area contributed by atoms with Crippen molar-refractivity contribution in [1.82, 2.24) is 5.32 Å². The number of hydrogen-bond donors (Lipinski definition) is 2. The van der Waals surface area contributed by atoms with Crippen LogP contribution in [0.3, 0.4) is 0 Å². The molecule has 0 aliphatic carbocycles. The van der Waals surface area contributed by atoms with Crippen molar-refractivity contribution in [2.75, 3.05) is 27.0 Å². The fourth-order valence-corrected chi connectivity index (χ4v) is 2.36. The minimum absolute atomic E-state index is 0.102. The molecule has 0 unspecified atom stereocenters. The Labute approximate surface area is 99.3 Å². The summed E-state index contributed by atoms with van der Waals surface area (Å²) >= 11 is 0. The lowest BCUT2D eigenvalue weighted by Crippen LogP contribution is -2.28. The van der Waals surface area contributed by atoms with Crippen LogP contribution in [0.2, 0.25) is 0 Å². The van der Waals surface area contributed by atoms with E-state index in [4.69, 9.17) is 14.2 Å². The minimum atomic E-state index is -0.590. The van der Waals surface area contributed by atoms with Crippen molar-refractivity contribution in [1.29, 1.82) is 0 Å². The largest absolute Gasteiger partial charge is 0.454 e. The van der Waals surface area contributed by atoms with Gasteiger partial charge in [-0.2, -0.15) is 0 Å². The van der Waals surface area contributed by atoms with E-state index in [9.17, 15) is 5.11 Å². The van der Waals surface area contributed by atoms with E-state index in [2.05, 4.69) is 5.32 Å². The summed E-state index contributed by atoms with van der Waals surface area (Å²) in [6, 6.07) is 3.73. The standard InChI is InChI=1S/C12H15NO4/c1-13-4-10-11-7(8(14)5-15-10)2-3-9-12(11)17-6-16-9/h2-3,8,10,13-14H,4-6H2,1H3/t8-,10+/m1/s1. The molecule has 5 nitrogen and oxygen atoms in total. The maximum absolute atomic E-state index is 9.94. The zero-order valence-corrected chi connectivity index (χ0v) is 9.60. The molecule has 92 valence electrons. The molecule has 0 saturated heterocycles. The predicted molar refractivity (Wildman–Crippen MR) is 60.1 cm³/mol. The number of rotatable bonds is 2. The van der Waals surface area contributed by atoms with Gasteiger partial charge in [-0.3, -0.25) is 0 Å². The van der Waals surface area contributed by atoms with E-state index >= 15 is 0 Å². The minimum Gasteiger partial charge on any atom is -0.454 e. The second-order valence-electron chi connectivity index (χ2n) is 4.20. The zero-order valence-electron chi connectivity index (χ0n) is 9.60. The first-order valence-electron chi connectivity index (χ1n) is 5.68. The molecule has 0 fully saturated rings. The Hall–Kier alpha value is -1.30. The van der Waals surface area contributed by atoms with E-state index in [0.29, 0.717) is 18.9 Å². The van der Waals surface area contributed by atoms with Crippen LogP contribution in [0.15, 0.2) is 12.1 Å². The van der Waals surface area contributed by atoms with Crippen LogP contribution in [0.1, 0.15) is 23.3 Å². The summed E-state index contributed by atoms with van der Waals surface area (Å²) in [4.78, 5) is 0. The Bertz CT molecular complexity index is 435. The molecule has 0 aromatic heterocycles. The summed E-state index contributed by atoms with van der Waals surface area (Å²) in [6.07, 6.45) is -0.692. The van der Waals surface area contributed by atoms with E-state index in [1.165, 1.54) is 0 Å². The van der Waals surface area contributed by atoms with Gasteiger partial charge in [-0.1, -0.05) is 6.07 Å². The Morgan fingerprint density at radius 1 is 1.41 bits per heavy atom. The Morgan fingerprint density at radius 2 is 2.29 bits per heavy atom. The molecule has 2 aliphatic rings. The maximum atomic E-state index is 9.94. The smallest absolute Gasteiger partial charge is 0.231 e. The highest BCUT2D eigenvalue weighted by atomic mass is 16.7. The van der Waals surface area contributed by atoms with Crippen molar-refractivity contribution >= 4 is 0 Å². The second kappa shape index (κ2) is 4.18. The highest BCUT2D eigenvalue weighted by molar-refractivity contribution is 5.54. The third kappa shape index (κ3) is 1.67. The van der Waals surface area contributed by atoms with Crippen molar-refractivity contribution in [3.63, 3.8) is 0 Å². The van der Waals surface area contributed by atoms with E-state index < -0.39 is 6.10 Å². The van der Waals surface area contributed by atoms with Gasteiger partial charge in [0.25, 0.3) is 0 Å². The fourth-order valence-electron chi connectivity index (χ4n) is 2.36. The monoisotopic (exact) mass is 237 g/mol. The van der Waals surface area contributed by atoms with E-state index in [1.54, 1.807) is 0 Å². The molecule has 0 spiro atoms. The van der Waals surface area contributed by atoms with Crippen LogP contribution in [-0.4, -0.2) is 32.1 Å². The van der Waals surface area contributed by atoms with Gasteiger partial charge >= 0.3 is 0 Å². The molecule has 0 amide bonds. The molecule has 0 saturated carbocycles. The molecule has 17 heavy (non-hydrogen) atoms. The quantitative estimate of drug-likeness (QED) is 0.794. The fraction of sp³-hybridized carbons (Fsp3) is 0.500. The molecule has 2 atom stereocenters. The SMILES string of the molecule is CNC[C@@H]1OC[C@@H](O)c2ccc3c(c21)OCO3. The Balaban J connectivity index is 2.09.